The van der Waals surface area contributed by atoms with Crippen molar-refractivity contribution in [3.05, 3.63) is 11.8 Å². The summed E-state index contributed by atoms with van der Waals surface area (Å²) in [6.45, 7) is 9.63. The zero-order valence-corrected chi connectivity index (χ0v) is 12.2. The van der Waals surface area contributed by atoms with Crippen molar-refractivity contribution in [2.75, 3.05) is 26.2 Å². The summed E-state index contributed by atoms with van der Waals surface area (Å²) in [5.74, 6) is 2.31. The second kappa shape index (κ2) is 7.60. The van der Waals surface area contributed by atoms with Gasteiger partial charge in [0.25, 0.3) is 0 Å². The maximum atomic E-state index is 5.62. The Kier molecular flexibility index (Phi) is 5.79. The third-order valence-corrected chi connectivity index (χ3v) is 3.68. The minimum Gasteiger partial charge on any atom is -0.424 e. The fourth-order valence-corrected chi connectivity index (χ4v) is 2.67. The predicted molar refractivity (Wildman–Crippen MR) is 74.8 cm³/mol. The van der Waals surface area contributed by atoms with Gasteiger partial charge in [-0.1, -0.05) is 13.8 Å². The van der Waals surface area contributed by atoms with Crippen molar-refractivity contribution >= 4 is 0 Å². The fraction of sp³-hybridized carbons (Fsp3) is 0.857. The smallest absolute Gasteiger partial charge is 0.230 e. The fourth-order valence-electron chi connectivity index (χ4n) is 2.67. The highest BCUT2D eigenvalue weighted by atomic mass is 16.4. The number of aromatic nitrogens is 2. The van der Waals surface area contributed by atoms with Gasteiger partial charge in [-0.2, -0.15) is 0 Å². The van der Waals surface area contributed by atoms with E-state index in [1.165, 1.54) is 19.3 Å². The number of aryl methyl sites for hydroxylation is 1. The summed E-state index contributed by atoms with van der Waals surface area (Å²) in [6.07, 6.45) is 4.54. The molecule has 0 saturated carbocycles. The van der Waals surface area contributed by atoms with Crippen molar-refractivity contribution in [1.29, 1.82) is 0 Å². The molecule has 1 aromatic heterocycles. The van der Waals surface area contributed by atoms with Crippen molar-refractivity contribution in [2.24, 2.45) is 5.92 Å². The standard InChI is InChI=1S/C14H26N4O/c1-3-9-18(10-12-5-7-15-8-6-12)11-14-17-16-13(4-2)19-14/h12,15H,3-11H2,1-2H3. The topological polar surface area (TPSA) is 54.2 Å². The molecule has 1 aromatic rings. The van der Waals surface area contributed by atoms with E-state index in [4.69, 9.17) is 4.42 Å². The number of nitrogens with zero attached hydrogens (tertiary/aromatic N) is 3. The molecule has 0 radical (unpaired) electrons. The summed E-state index contributed by atoms with van der Waals surface area (Å²) < 4.78 is 5.62. The molecular weight excluding hydrogens is 240 g/mol. The summed E-state index contributed by atoms with van der Waals surface area (Å²) in [6, 6.07) is 0. The largest absolute Gasteiger partial charge is 0.424 e. The minimum absolute atomic E-state index is 0.744. The van der Waals surface area contributed by atoms with Crippen LogP contribution in [0, 0.1) is 5.92 Å². The van der Waals surface area contributed by atoms with Crippen molar-refractivity contribution in [3.8, 4) is 0 Å². The molecule has 0 spiro atoms. The first kappa shape index (κ1) is 14.5. The van der Waals surface area contributed by atoms with Crippen LogP contribution in [0.25, 0.3) is 0 Å². The van der Waals surface area contributed by atoms with Crippen LogP contribution in [-0.2, 0) is 13.0 Å². The number of rotatable bonds is 7. The minimum atomic E-state index is 0.744. The average molecular weight is 266 g/mol. The molecule has 5 nitrogen and oxygen atoms in total. The molecule has 108 valence electrons. The van der Waals surface area contributed by atoms with E-state index in [0.29, 0.717) is 0 Å². The number of nitrogens with one attached hydrogen (secondary N) is 1. The van der Waals surface area contributed by atoms with Crippen LogP contribution in [0.4, 0.5) is 0 Å². The average Bonchev–Trinajstić information content (AvgIpc) is 2.88. The molecule has 0 amide bonds. The maximum Gasteiger partial charge on any atom is 0.230 e. The highest BCUT2D eigenvalue weighted by Gasteiger charge is 2.18. The monoisotopic (exact) mass is 266 g/mol. The van der Waals surface area contributed by atoms with Gasteiger partial charge < -0.3 is 9.73 Å². The van der Waals surface area contributed by atoms with Crippen LogP contribution in [0.2, 0.25) is 0 Å². The molecule has 1 aliphatic rings. The molecular formula is C14H26N4O. The van der Waals surface area contributed by atoms with Crippen molar-refractivity contribution in [3.63, 3.8) is 0 Å². The first-order valence-corrected chi connectivity index (χ1v) is 7.56. The molecule has 1 aliphatic heterocycles. The van der Waals surface area contributed by atoms with Gasteiger partial charge in [-0.15, -0.1) is 10.2 Å². The van der Waals surface area contributed by atoms with Gasteiger partial charge in [0.05, 0.1) is 6.54 Å². The lowest BCUT2D eigenvalue weighted by molar-refractivity contribution is 0.183. The normalized spacial score (nSPS) is 17.2. The Hall–Kier alpha value is -0.940. The van der Waals surface area contributed by atoms with Gasteiger partial charge in [0.2, 0.25) is 11.8 Å². The van der Waals surface area contributed by atoms with E-state index in [-0.39, 0.29) is 0 Å². The molecule has 0 aromatic carbocycles. The summed E-state index contributed by atoms with van der Waals surface area (Å²) in [5.41, 5.74) is 0. The quantitative estimate of drug-likeness (QED) is 0.816. The molecule has 0 aliphatic carbocycles. The number of hydrogen-bond acceptors (Lipinski definition) is 5. The molecule has 0 atom stereocenters. The Morgan fingerprint density at radius 3 is 2.58 bits per heavy atom. The SMILES string of the molecule is CCCN(Cc1nnc(CC)o1)CC1CCNCC1. The van der Waals surface area contributed by atoms with E-state index >= 15 is 0 Å². The van der Waals surface area contributed by atoms with Crippen LogP contribution in [0.3, 0.4) is 0 Å². The molecule has 0 bridgehead atoms. The number of hydrogen-bond donors (Lipinski definition) is 1. The lowest BCUT2D eigenvalue weighted by Crippen LogP contribution is -2.36. The molecule has 1 fully saturated rings. The van der Waals surface area contributed by atoms with Gasteiger partial charge >= 0.3 is 0 Å². The second-order valence-corrected chi connectivity index (χ2v) is 5.37. The maximum absolute atomic E-state index is 5.62. The summed E-state index contributed by atoms with van der Waals surface area (Å²) in [4.78, 5) is 2.46. The van der Waals surface area contributed by atoms with Crippen LogP contribution in [0.1, 0.15) is 44.9 Å². The predicted octanol–water partition coefficient (Wildman–Crippen LogP) is 1.84. The lowest BCUT2D eigenvalue weighted by atomic mass is 9.97. The Labute approximate surface area is 115 Å². The van der Waals surface area contributed by atoms with Gasteiger partial charge in [-0.3, -0.25) is 4.90 Å². The molecule has 19 heavy (non-hydrogen) atoms. The Bertz CT molecular complexity index is 360. The third kappa shape index (κ3) is 4.58. The van der Waals surface area contributed by atoms with E-state index < -0.39 is 0 Å². The highest BCUT2D eigenvalue weighted by Crippen LogP contribution is 2.15. The zero-order chi connectivity index (χ0) is 13.5. The molecule has 0 unspecified atom stereocenters. The highest BCUT2D eigenvalue weighted by molar-refractivity contribution is 4.82. The van der Waals surface area contributed by atoms with Crippen LogP contribution in [-0.4, -0.2) is 41.3 Å². The van der Waals surface area contributed by atoms with Crippen LogP contribution in [0.15, 0.2) is 4.42 Å². The van der Waals surface area contributed by atoms with Crippen molar-refractivity contribution in [1.82, 2.24) is 20.4 Å². The van der Waals surface area contributed by atoms with Gasteiger partial charge in [0, 0.05) is 13.0 Å². The Morgan fingerprint density at radius 2 is 1.95 bits per heavy atom. The van der Waals surface area contributed by atoms with E-state index in [0.717, 1.165) is 56.8 Å². The Morgan fingerprint density at radius 1 is 1.21 bits per heavy atom. The van der Waals surface area contributed by atoms with Gasteiger partial charge in [0.1, 0.15) is 0 Å². The first-order valence-electron chi connectivity index (χ1n) is 7.56. The summed E-state index contributed by atoms with van der Waals surface area (Å²) in [7, 11) is 0. The molecule has 5 heteroatoms. The Balaban J connectivity index is 1.87. The molecule has 1 N–H and O–H groups in total. The van der Waals surface area contributed by atoms with Crippen LogP contribution >= 0.6 is 0 Å². The molecule has 2 rings (SSSR count). The van der Waals surface area contributed by atoms with Gasteiger partial charge in [-0.25, -0.2) is 0 Å². The second-order valence-electron chi connectivity index (χ2n) is 5.37. The lowest BCUT2D eigenvalue weighted by Gasteiger charge is -2.29. The van der Waals surface area contributed by atoms with Crippen molar-refractivity contribution in [2.45, 2.75) is 46.1 Å². The summed E-state index contributed by atoms with van der Waals surface area (Å²) >= 11 is 0. The van der Waals surface area contributed by atoms with Crippen LogP contribution < -0.4 is 5.32 Å². The van der Waals surface area contributed by atoms with Gasteiger partial charge in [0.15, 0.2) is 0 Å². The zero-order valence-electron chi connectivity index (χ0n) is 12.2. The van der Waals surface area contributed by atoms with E-state index in [2.05, 4.69) is 27.3 Å². The van der Waals surface area contributed by atoms with Crippen LogP contribution in [0.5, 0.6) is 0 Å². The molecule has 2 heterocycles. The van der Waals surface area contributed by atoms with E-state index in [9.17, 15) is 0 Å². The van der Waals surface area contributed by atoms with Gasteiger partial charge in [-0.05, 0) is 44.8 Å². The van der Waals surface area contributed by atoms with E-state index in [1.807, 2.05) is 6.92 Å². The van der Waals surface area contributed by atoms with E-state index in [1.54, 1.807) is 0 Å². The first-order chi connectivity index (χ1) is 9.31. The molecule has 1 saturated heterocycles. The van der Waals surface area contributed by atoms with Crippen molar-refractivity contribution < 1.29 is 4.42 Å². The summed E-state index contributed by atoms with van der Waals surface area (Å²) in [5, 5.41) is 11.6. The third-order valence-electron chi connectivity index (χ3n) is 3.68. The number of piperidine rings is 1.